The van der Waals surface area contributed by atoms with Crippen LogP contribution in [0.5, 0.6) is 5.75 Å². The molecule has 3 aromatic carbocycles. The highest BCUT2D eigenvalue weighted by molar-refractivity contribution is 5.68. The monoisotopic (exact) mass is 580 g/mol. The van der Waals surface area contributed by atoms with Crippen LogP contribution in [0.4, 0.5) is 21.0 Å². The second-order valence-corrected chi connectivity index (χ2v) is 9.48. The number of β-amino-alcohol motifs (C(OH)–C–C–N with tert-alkyl or cyclic N) is 1. The molecule has 220 valence electrons. The van der Waals surface area contributed by atoms with E-state index in [1.54, 1.807) is 24.3 Å². The van der Waals surface area contributed by atoms with Gasteiger partial charge in [-0.3, -0.25) is 25.1 Å². The fourth-order valence-corrected chi connectivity index (χ4v) is 4.20. The first kappa shape index (κ1) is 29.7. The Morgan fingerprint density at radius 3 is 1.90 bits per heavy atom. The number of rotatable bonds is 11. The van der Waals surface area contributed by atoms with Crippen molar-refractivity contribution in [3.05, 3.63) is 110 Å². The molecule has 0 saturated carbocycles. The zero-order valence-corrected chi connectivity index (χ0v) is 22.3. The number of hydrogen-bond acceptors (Lipinski definition) is 10. The number of aliphatic hydroxyl groups is 1. The van der Waals surface area contributed by atoms with Crippen molar-refractivity contribution in [2.24, 2.45) is 0 Å². The molecule has 1 heterocycles. The van der Waals surface area contributed by atoms with E-state index in [-0.39, 0.29) is 44.3 Å². The summed E-state index contributed by atoms with van der Waals surface area (Å²) < 4.78 is 16.3. The van der Waals surface area contributed by atoms with Gasteiger partial charge in [0.15, 0.2) is 0 Å². The Labute approximate surface area is 239 Å². The van der Waals surface area contributed by atoms with Gasteiger partial charge in [-0.25, -0.2) is 9.59 Å². The van der Waals surface area contributed by atoms with E-state index in [0.29, 0.717) is 23.3 Å². The van der Waals surface area contributed by atoms with Gasteiger partial charge in [-0.1, -0.05) is 12.1 Å². The molecular weight excluding hydrogens is 552 g/mol. The molecule has 0 radical (unpaired) electrons. The Bertz CT molecular complexity index is 1400. The number of nitro groups is 2. The Morgan fingerprint density at radius 1 is 0.833 bits per heavy atom. The lowest BCUT2D eigenvalue weighted by molar-refractivity contribution is -0.385. The number of likely N-dealkylation sites (tertiary alicyclic amines) is 1. The van der Waals surface area contributed by atoms with Gasteiger partial charge in [-0.2, -0.15) is 0 Å². The molecule has 1 aliphatic heterocycles. The fourth-order valence-electron chi connectivity index (χ4n) is 4.20. The van der Waals surface area contributed by atoms with E-state index in [2.05, 4.69) is 5.32 Å². The summed E-state index contributed by atoms with van der Waals surface area (Å²) in [5, 5.41) is 34.2. The van der Waals surface area contributed by atoms with Crippen molar-refractivity contribution in [2.75, 3.05) is 13.2 Å². The number of nitrogens with zero attached hydrogens (tertiary/aromatic N) is 3. The number of amides is 2. The van der Waals surface area contributed by atoms with Gasteiger partial charge in [-0.15, -0.1) is 0 Å². The van der Waals surface area contributed by atoms with Crippen LogP contribution in [-0.4, -0.2) is 57.3 Å². The maximum Gasteiger partial charge on any atom is 0.410 e. The summed E-state index contributed by atoms with van der Waals surface area (Å²) in [6.45, 7) is 0.308. The largest absolute Gasteiger partial charge is 0.491 e. The van der Waals surface area contributed by atoms with Crippen LogP contribution in [0, 0.1) is 20.2 Å². The van der Waals surface area contributed by atoms with Gasteiger partial charge < -0.3 is 24.6 Å². The Hall–Kier alpha value is -5.24. The molecule has 2 atom stereocenters. The van der Waals surface area contributed by atoms with Gasteiger partial charge in [0, 0.05) is 30.8 Å². The standard InChI is InChI=1S/C28H28N4O10/c33-25-13-24(30(15-25)28(35)42-17-21-3-9-23(10-4-21)32(38)39)18-40-26-11-5-19(6-12-26)14-29-27(34)41-16-20-1-7-22(8-2-20)31(36)37/h1-12,24-25,33H,13-18H2,(H,29,34)/t24-,25+/m0/s1. The van der Waals surface area contributed by atoms with Crippen LogP contribution in [0.15, 0.2) is 72.8 Å². The lowest BCUT2D eigenvalue weighted by Gasteiger charge is -2.24. The Balaban J connectivity index is 1.19. The van der Waals surface area contributed by atoms with E-state index >= 15 is 0 Å². The van der Waals surface area contributed by atoms with E-state index in [0.717, 1.165) is 5.56 Å². The number of carbonyl (C=O) groups is 2. The van der Waals surface area contributed by atoms with Crippen molar-refractivity contribution in [2.45, 2.75) is 38.3 Å². The minimum atomic E-state index is -0.723. The number of ether oxygens (including phenoxy) is 3. The van der Waals surface area contributed by atoms with E-state index in [1.165, 1.54) is 53.4 Å². The molecule has 3 aromatic rings. The van der Waals surface area contributed by atoms with Crippen molar-refractivity contribution in [1.82, 2.24) is 10.2 Å². The molecule has 4 rings (SSSR count). The number of carbonyl (C=O) groups excluding carboxylic acids is 2. The number of non-ortho nitro benzene ring substituents is 2. The van der Waals surface area contributed by atoms with Gasteiger partial charge in [0.25, 0.3) is 11.4 Å². The first-order chi connectivity index (χ1) is 20.2. The van der Waals surface area contributed by atoms with Gasteiger partial charge >= 0.3 is 12.2 Å². The summed E-state index contributed by atoms with van der Waals surface area (Å²) in [4.78, 5) is 46.5. The summed E-state index contributed by atoms with van der Waals surface area (Å²) in [7, 11) is 0. The van der Waals surface area contributed by atoms with E-state index < -0.39 is 34.2 Å². The van der Waals surface area contributed by atoms with Crippen molar-refractivity contribution in [1.29, 1.82) is 0 Å². The van der Waals surface area contributed by atoms with Crippen LogP contribution >= 0.6 is 0 Å². The predicted octanol–water partition coefficient (Wildman–Crippen LogP) is 4.08. The smallest absolute Gasteiger partial charge is 0.410 e. The number of benzene rings is 3. The van der Waals surface area contributed by atoms with Crippen LogP contribution in [0.3, 0.4) is 0 Å². The highest BCUT2D eigenvalue weighted by Crippen LogP contribution is 2.22. The molecule has 0 aromatic heterocycles. The normalized spacial score (nSPS) is 16.0. The SMILES string of the molecule is O=C(NCc1ccc(OC[C@@H]2C[C@@H](O)CN2C(=O)OCc2ccc([N+](=O)[O-])cc2)cc1)OCc1ccc([N+](=O)[O-])cc1. The van der Waals surface area contributed by atoms with Crippen LogP contribution in [0.25, 0.3) is 0 Å². The zero-order chi connectivity index (χ0) is 30.1. The molecule has 1 aliphatic rings. The summed E-state index contributed by atoms with van der Waals surface area (Å²) >= 11 is 0. The van der Waals surface area contributed by atoms with Crippen LogP contribution < -0.4 is 10.1 Å². The van der Waals surface area contributed by atoms with Crippen molar-refractivity contribution < 1.29 is 38.8 Å². The summed E-state index contributed by atoms with van der Waals surface area (Å²) in [6.07, 6.45) is -1.68. The van der Waals surface area contributed by atoms with Crippen LogP contribution in [0.2, 0.25) is 0 Å². The third-order valence-electron chi connectivity index (χ3n) is 6.46. The maximum absolute atomic E-state index is 12.7. The molecular formula is C28H28N4O10. The molecule has 2 N–H and O–H groups in total. The van der Waals surface area contributed by atoms with E-state index in [4.69, 9.17) is 14.2 Å². The zero-order valence-electron chi connectivity index (χ0n) is 22.3. The second kappa shape index (κ2) is 13.9. The average molecular weight is 581 g/mol. The lowest BCUT2D eigenvalue weighted by atomic mass is 10.2. The average Bonchev–Trinajstić information content (AvgIpc) is 3.38. The number of nitrogens with one attached hydrogen (secondary N) is 1. The topological polar surface area (TPSA) is 184 Å². The van der Waals surface area contributed by atoms with Gasteiger partial charge in [0.1, 0.15) is 25.6 Å². The van der Waals surface area contributed by atoms with Crippen LogP contribution in [-0.2, 0) is 29.2 Å². The molecule has 2 amide bonds. The molecule has 42 heavy (non-hydrogen) atoms. The summed E-state index contributed by atoms with van der Waals surface area (Å²) in [5.41, 5.74) is 1.88. The van der Waals surface area contributed by atoms with Crippen molar-refractivity contribution in [3.8, 4) is 5.75 Å². The third-order valence-corrected chi connectivity index (χ3v) is 6.46. The van der Waals surface area contributed by atoms with Gasteiger partial charge in [-0.05, 0) is 59.5 Å². The van der Waals surface area contributed by atoms with E-state index in [9.17, 15) is 34.9 Å². The fraction of sp³-hybridized carbons (Fsp3) is 0.286. The molecule has 1 fully saturated rings. The molecule has 0 bridgehead atoms. The summed E-state index contributed by atoms with van der Waals surface area (Å²) in [5.74, 6) is 0.528. The molecule has 1 saturated heterocycles. The second-order valence-electron chi connectivity index (χ2n) is 9.48. The quantitative estimate of drug-likeness (QED) is 0.247. The number of hydrogen-bond donors (Lipinski definition) is 2. The Kier molecular flexibility index (Phi) is 9.84. The molecule has 0 spiro atoms. The minimum Gasteiger partial charge on any atom is -0.491 e. The summed E-state index contributed by atoms with van der Waals surface area (Å²) in [6, 6.07) is 17.9. The highest BCUT2D eigenvalue weighted by atomic mass is 16.6. The molecule has 0 unspecified atom stereocenters. The number of aliphatic hydroxyl groups excluding tert-OH is 1. The first-order valence-electron chi connectivity index (χ1n) is 12.9. The molecule has 14 heteroatoms. The van der Waals surface area contributed by atoms with Gasteiger partial charge in [0.2, 0.25) is 0 Å². The van der Waals surface area contributed by atoms with Gasteiger partial charge in [0.05, 0.1) is 28.5 Å². The number of alkyl carbamates (subject to hydrolysis) is 1. The Morgan fingerprint density at radius 2 is 1.36 bits per heavy atom. The minimum absolute atomic E-state index is 0.0337. The van der Waals surface area contributed by atoms with E-state index in [1.807, 2.05) is 0 Å². The molecule has 0 aliphatic carbocycles. The lowest BCUT2D eigenvalue weighted by Crippen LogP contribution is -2.39. The highest BCUT2D eigenvalue weighted by Gasteiger charge is 2.36. The predicted molar refractivity (Wildman–Crippen MR) is 146 cm³/mol. The van der Waals surface area contributed by atoms with Crippen molar-refractivity contribution in [3.63, 3.8) is 0 Å². The van der Waals surface area contributed by atoms with Crippen LogP contribution in [0.1, 0.15) is 23.1 Å². The maximum atomic E-state index is 12.7. The van der Waals surface area contributed by atoms with Crippen molar-refractivity contribution >= 4 is 23.6 Å². The molecule has 14 nitrogen and oxygen atoms in total. The third kappa shape index (κ3) is 8.38. The number of nitro benzene ring substituents is 2. The first-order valence-corrected chi connectivity index (χ1v) is 12.9.